The quantitative estimate of drug-likeness (QED) is 0.572. The van der Waals surface area contributed by atoms with Crippen LogP contribution in [0.1, 0.15) is 24.6 Å². The second-order valence-electron chi connectivity index (χ2n) is 7.67. The second kappa shape index (κ2) is 9.60. The molecule has 0 saturated carbocycles. The molecule has 2 aromatic heterocycles. The van der Waals surface area contributed by atoms with E-state index in [1.54, 1.807) is 51.1 Å². The fourth-order valence-corrected chi connectivity index (χ4v) is 5.03. The Morgan fingerprint density at radius 3 is 2.56 bits per heavy atom. The molecule has 1 aliphatic rings. The molecule has 0 aliphatic carbocycles. The third kappa shape index (κ3) is 4.29. The Kier molecular flexibility index (Phi) is 6.64. The molecule has 1 amide bonds. The number of thiophene rings is 1. The van der Waals surface area contributed by atoms with Gasteiger partial charge in [0.2, 0.25) is 11.7 Å². The summed E-state index contributed by atoms with van der Waals surface area (Å²) in [5.74, 6) is 2.22. The molecule has 1 saturated heterocycles. The van der Waals surface area contributed by atoms with E-state index in [2.05, 4.69) is 33.2 Å². The number of fused-ring (bicyclic) bond motifs is 1. The zero-order chi connectivity index (χ0) is 22.7. The van der Waals surface area contributed by atoms with Crippen LogP contribution in [0.3, 0.4) is 0 Å². The first-order valence-electron chi connectivity index (χ1n) is 10.7. The SMILES string of the molecule is CCc1cc2c(N3CCC[C@H](C(=O)Nc4cc(OC)c(OC)c(OC)c4)C3)ncnc2s1. The number of carbonyl (C=O) groups is 1. The molecule has 3 heterocycles. The smallest absolute Gasteiger partial charge is 0.229 e. The number of nitrogens with one attached hydrogen (secondary N) is 1. The van der Waals surface area contributed by atoms with E-state index in [9.17, 15) is 4.79 Å². The molecule has 9 heteroatoms. The first-order chi connectivity index (χ1) is 15.6. The molecule has 8 nitrogen and oxygen atoms in total. The van der Waals surface area contributed by atoms with Crippen molar-refractivity contribution in [1.29, 1.82) is 0 Å². The fraction of sp³-hybridized carbons (Fsp3) is 0.435. The number of hydrogen-bond donors (Lipinski definition) is 1. The first-order valence-corrected chi connectivity index (χ1v) is 11.5. The van der Waals surface area contributed by atoms with Crippen LogP contribution in [0.25, 0.3) is 10.2 Å². The number of aromatic nitrogens is 2. The first kappa shape index (κ1) is 22.1. The lowest BCUT2D eigenvalue weighted by molar-refractivity contribution is -0.120. The summed E-state index contributed by atoms with van der Waals surface area (Å²) in [6.07, 6.45) is 4.34. The molecule has 1 aromatic carbocycles. The summed E-state index contributed by atoms with van der Waals surface area (Å²) >= 11 is 1.70. The number of aryl methyl sites for hydroxylation is 1. The molecule has 0 unspecified atom stereocenters. The highest BCUT2D eigenvalue weighted by atomic mass is 32.1. The van der Waals surface area contributed by atoms with Crippen molar-refractivity contribution >= 4 is 39.0 Å². The van der Waals surface area contributed by atoms with E-state index in [0.29, 0.717) is 29.5 Å². The van der Waals surface area contributed by atoms with Crippen molar-refractivity contribution in [3.05, 3.63) is 29.4 Å². The standard InChI is InChI=1S/C23H28N4O4S/c1-5-16-11-17-21(24-13-25-23(17)32-16)27-8-6-7-14(12-27)22(28)26-15-9-18(29-2)20(31-4)19(10-15)30-3/h9-11,13-14H,5-8,12H2,1-4H3,(H,26,28)/t14-/m0/s1. The largest absolute Gasteiger partial charge is 0.493 e. The van der Waals surface area contributed by atoms with E-state index in [1.165, 1.54) is 4.88 Å². The molecule has 0 spiro atoms. The summed E-state index contributed by atoms with van der Waals surface area (Å²) in [6, 6.07) is 5.66. The second-order valence-corrected chi connectivity index (χ2v) is 8.79. The number of anilines is 2. The molecule has 32 heavy (non-hydrogen) atoms. The topological polar surface area (TPSA) is 85.8 Å². The van der Waals surface area contributed by atoms with E-state index in [1.807, 2.05) is 0 Å². The van der Waals surface area contributed by atoms with E-state index in [4.69, 9.17) is 14.2 Å². The van der Waals surface area contributed by atoms with Gasteiger partial charge in [-0.15, -0.1) is 11.3 Å². The van der Waals surface area contributed by atoms with Crippen LogP contribution in [0.5, 0.6) is 17.2 Å². The van der Waals surface area contributed by atoms with Gasteiger partial charge in [-0.25, -0.2) is 9.97 Å². The zero-order valence-corrected chi connectivity index (χ0v) is 19.6. The van der Waals surface area contributed by atoms with Gasteiger partial charge in [-0.05, 0) is 25.3 Å². The van der Waals surface area contributed by atoms with Crippen LogP contribution in [0.2, 0.25) is 0 Å². The molecule has 1 atom stereocenters. The number of carbonyl (C=O) groups excluding carboxylic acids is 1. The average Bonchev–Trinajstić information content (AvgIpc) is 3.27. The van der Waals surface area contributed by atoms with Gasteiger partial charge in [0.25, 0.3) is 0 Å². The Bertz CT molecular complexity index is 1090. The van der Waals surface area contributed by atoms with Crippen molar-refractivity contribution in [3.8, 4) is 17.2 Å². The number of methoxy groups -OCH3 is 3. The van der Waals surface area contributed by atoms with Gasteiger partial charge < -0.3 is 24.4 Å². The number of rotatable bonds is 7. The molecule has 3 aromatic rings. The lowest BCUT2D eigenvalue weighted by Crippen LogP contribution is -2.41. The fourth-order valence-electron chi connectivity index (χ4n) is 4.10. The predicted octanol–water partition coefficient (Wildman–Crippen LogP) is 4.13. The van der Waals surface area contributed by atoms with Crippen LogP contribution >= 0.6 is 11.3 Å². The molecule has 0 bridgehead atoms. The van der Waals surface area contributed by atoms with Gasteiger partial charge in [-0.1, -0.05) is 6.92 Å². The van der Waals surface area contributed by atoms with Crippen molar-refractivity contribution in [2.75, 3.05) is 44.6 Å². The van der Waals surface area contributed by atoms with Gasteiger partial charge in [-0.2, -0.15) is 0 Å². The predicted molar refractivity (Wildman–Crippen MR) is 126 cm³/mol. The molecule has 1 aliphatic heterocycles. The Morgan fingerprint density at radius 2 is 1.91 bits per heavy atom. The number of ether oxygens (including phenoxy) is 3. The van der Waals surface area contributed by atoms with Crippen molar-refractivity contribution < 1.29 is 19.0 Å². The molecule has 0 radical (unpaired) electrons. The van der Waals surface area contributed by atoms with Crippen LogP contribution in [0, 0.1) is 5.92 Å². The van der Waals surface area contributed by atoms with E-state index in [0.717, 1.165) is 41.8 Å². The third-order valence-electron chi connectivity index (χ3n) is 5.73. The van der Waals surface area contributed by atoms with Gasteiger partial charge in [0.05, 0.1) is 32.6 Å². The number of piperidine rings is 1. The Hall–Kier alpha value is -3.07. The molecule has 170 valence electrons. The summed E-state index contributed by atoms with van der Waals surface area (Å²) in [7, 11) is 4.66. The van der Waals surface area contributed by atoms with Crippen molar-refractivity contribution in [2.45, 2.75) is 26.2 Å². The van der Waals surface area contributed by atoms with Gasteiger partial charge in [0, 0.05) is 35.8 Å². The minimum Gasteiger partial charge on any atom is -0.493 e. The molecular weight excluding hydrogens is 428 g/mol. The minimum atomic E-state index is -0.155. The Balaban J connectivity index is 1.53. The monoisotopic (exact) mass is 456 g/mol. The number of amides is 1. The van der Waals surface area contributed by atoms with Gasteiger partial charge in [0.15, 0.2) is 11.5 Å². The van der Waals surface area contributed by atoms with Gasteiger partial charge >= 0.3 is 0 Å². The average molecular weight is 457 g/mol. The van der Waals surface area contributed by atoms with Crippen molar-refractivity contribution in [2.24, 2.45) is 5.92 Å². The zero-order valence-electron chi connectivity index (χ0n) is 18.8. The maximum atomic E-state index is 13.1. The van der Waals surface area contributed by atoms with Crippen molar-refractivity contribution in [3.63, 3.8) is 0 Å². The Labute approximate surface area is 191 Å². The summed E-state index contributed by atoms with van der Waals surface area (Å²) in [6.45, 7) is 3.62. The summed E-state index contributed by atoms with van der Waals surface area (Å²) in [4.78, 5) is 26.6. The summed E-state index contributed by atoms with van der Waals surface area (Å²) in [5.41, 5.74) is 0.608. The number of nitrogens with zero attached hydrogens (tertiary/aromatic N) is 3. The van der Waals surface area contributed by atoms with Crippen LogP contribution in [0.4, 0.5) is 11.5 Å². The van der Waals surface area contributed by atoms with Gasteiger partial charge in [-0.3, -0.25) is 4.79 Å². The highest BCUT2D eigenvalue weighted by Gasteiger charge is 2.28. The highest BCUT2D eigenvalue weighted by Crippen LogP contribution is 2.40. The lowest BCUT2D eigenvalue weighted by Gasteiger charge is -2.33. The normalized spacial score (nSPS) is 16.1. The molecule has 1 fully saturated rings. The summed E-state index contributed by atoms with van der Waals surface area (Å²) in [5, 5.41) is 4.09. The number of hydrogen-bond acceptors (Lipinski definition) is 8. The molecule has 4 rings (SSSR count). The number of benzene rings is 1. The molecular formula is C23H28N4O4S. The van der Waals surface area contributed by atoms with Crippen LogP contribution in [0.15, 0.2) is 24.5 Å². The van der Waals surface area contributed by atoms with Gasteiger partial charge in [0.1, 0.15) is 17.0 Å². The van der Waals surface area contributed by atoms with E-state index in [-0.39, 0.29) is 11.8 Å². The van der Waals surface area contributed by atoms with Crippen LogP contribution < -0.4 is 24.4 Å². The minimum absolute atomic E-state index is 0.0335. The third-order valence-corrected chi connectivity index (χ3v) is 6.92. The van der Waals surface area contributed by atoms with Crippen molar-refractivity contribution in [1.82, 2.24) is 9.97 Å². The van der Waals surface area contributed by atoms with E-state index < -0.39 is 0 Å². The molecule has 1 N–H and O–H groups in total. The highest BCUT2D eigenvalue weighted by molar-refractivity contribution is 7.18. The maximum Gasteiger partial charge on any atom is 0.229 e. The lowest BCUT2D eigenvalue weighted by atomic mass is 9.96. The maximum absolute atomic E-state index is 13.1. The summed E-state index contributed by atoms with van der Waals surface area (Å²) < 4.78 is 16.2. The van der Waals surface area contributed by atoms with Crippen LogP contribution in [-0.2, 0) is 11.2 Å². The van der Waals surface area contributed by atoms with Crippen LogP contribution in [-0.4, -0.2) is 50.3 Å². The van der Waals surface area contributed by atoms with E-state index >= 15 is 0 Å². The Morgan fingerprint density at radius 1 is 1.16 bits per heavy atom.